The Balaban J connectivity index is 1.73. The summed E-state index contributed by atoms with van der Waals surface area (Å²) in [6.45, 7) is 0.362. The summed E-state index contributed by atoms with van der Waals surface area (Å²) in [6, 6.07) is 16.8. The number of thiophene rings is 1. The molecular formula is C21H16BrClO3S. The molecule has 3 nitrogen and oxygen atoms in total. The zero-order valence-corrected chi connectivity index (χ0v) is 17.6. The van der Waals surface area contributed by atoms with E-state index >= 15 is 0 Å². The normalized spacial score (nSPS) is 10.9. The van der Waals surface area contributed by atoms with E-state index in [4.69, 9.17) is 21.1 Å². The minimum Gasteiger partial charge on any atom is -0.496 e. The molecule has 3 rings (SSSR count). The number of benzene rings is 2. The Labute approximate surface area is 175 Å². The van der Waals surface area contributed by atoms with Crippen molar-refractivity contribution in [1.29, 1.82) is 0 Å². The standard InChI is InChI=1S/C21H16BrClO3S/c1-25-19-9-3-14(2-8-18(24)20-10-11-21(23)27-20)12-15(19)13-26-17-6-4-16(22)5-7-17/h2-12H,13H2,1H3/b8-2+. The van der Waals surface area contributed by atoms with Gasteiger partial charge in [-0.2, -0.15) is 0 Å². The summed E-state index contributed by atoms with van der Waals surface area (Å²) >= 11 is 10.6. The lowest BCUT2D eigenvalue weighted by Crippen LogP contribution is -1.99. The highest BCUT2D eigenvalue weighted by Gasteiger charge is 2.07. The summed E-state index contributed by atoms with van der Waals surface area (Å²) < 4.78 is 12.8. The van der Waals surface area contributed by atoms with Gasteiger partial charge >= 0.3 is 0 Å². The Bertz CT molecular complexity index is 964. The lowest BCUT2D eigenvalue weighted by atomic mass is 10.1. The largest absolute Gasteiger partial charge is 0.496 e. The maximum absolute atomic E-state index is 12.2. The molecule has 6 heteroatoms. The molecule has 2 aromatic carbocycles. The minimum absolute atomic E-state index is 0.0737. The van der Waals surface area contributed by atoms with Gasteiger partial charge in [-0.25, -0.2) is 0 Å². The molecule has 0 aliphatic rings. The van der Waals surface area contributed by atoms with E-state index in [2.05, 4.69) is 15.9 Å². The van der Waals surface area contributed by atoms with E-state index in [1.807, 2.05) is 42.5 Å². The van der Waals surface area contributed by atoms with Crippen LogP contribution in [-0.2, 0) is 6.61 Å². The molecule has 0 fully saturated rings. The van der Waals surface area contributed by atoms with Crippen molar-refractivity contribution in [2.75, 3.05) is 7.11 Å². The molecular weight excluding hydrogens is 448 g/mol. The summed E-state index contributed by atoms with van der Waals surface area (Å²) in [6.07, 6.45) is 3.32. The average molecular weight is 464 g/mol. The van der Waals surface area contributed by atoms with E-state index in [-0.39, 0.29) is 5.78 Å². The number of carbonyl (C=O) groups excluding carboxylic acids is 1. The predicted octanol–water partition coefficient (Wildman–Crippen LogP) is 6.65. The van der Waals surface area contributed by atoms with Gasteiger partial charge in [0.05, 0.1) is 16.3 Å². The summed E-state index contributed by atoms with van der Waals surface area (Å²) in [5.41, 5.74) is 1.79. The number of carbonyl (C=O) groups is 1. The molecule has 0 spiro atoms. The topological polar surface area (TPSA) is 35.5 Å². The van der Waals surface area contributed by atoms with Gasteiger partial charge in [-0.15, -0.1) is 11.3 Å². The number of rotatable bonds is 7. The summed E-state index contributed by atoms with van der Waals surface area (Å²) in [4.78, 5) is 12.8. The molecule has 0 radical (unpaired) electrons. The fourth-order valence-electron chi connectivity index (χ4n) is 2.41. The Hall–Kier alpha value is -2.08. The van der Waals surface area contributed by atoms with Gasteiger partial charge in [-0.1, -0.05) is 39.7 Å². The van der Waals surface area contributed by atoms with Crippen LogP contribution in [0.4, 0.5) is 0 Å². The molecule has 0 saturated carbocycles. The predicted molar refractivity (Wildman–Crippen MR) is 114 cm³/mol. The first-order valence-electron chi connectivity index (χ1n) is 8.08. The van der Waals surface area contributed by atoms with E-state index in [1.165, 1.54) is 11.3 Å². The first-order chi connectivity index (χ1) is 13.0. The highest BCUT2D eigenvalue weighted by molar-refractivity contribution is 9.10. The highest BCUT2D eigenvalue weighted by Crippen LogP contribution is 2.25. The molecule has 1 aromatic heterocycles. The molecule has 0 N–H and O–H groups in total. The molecule has 0 aliphatic heterocycles. The second kappa shape index (κ2) is 9.22. The third-order valence-electron chi connectivity index (χ3n) is 3.76. The number of ketones is 1. The van der Waals surface area contributed by atoms with Gasteiger partial charge in [0.1, 0.15) is 18.1 Å². The van der Waals surface area contributed by atoms with Gasteiger partial charge in [0.25, 0.3) is 0 Å². The monoisotopic (exact) mass is 462 g/mol. The van der Waals surface area contributed by atoms with Crippen LogP contribution in [-0.4, -0.2) is 12.9 Å². The van der Waals surface area contributed by atoms with Crippen LogP contribution >= 0.6 is 38.9 Å². The third kappa shape index (κ3) is 5.45. The second-order valence-electron chi connectivity index (χ2n) is 5.62. The average Bonchev–Trinajstić information content (AvgIpc) is 3.12. The third-order valence-corrected chi connectivity index (χ3v) is 5.53. The van der Waals surface area contributed by atoms with Crippen LogP contribution in [0.2, 0.25) is 4.34 Å². The van der Waals surface area contributed by atoms with Crippen molar-refractivity contribution in [3.8, 4) is 11.5 Å². The second-order valence-corrected chi connectivity index (χ2v) is 8.25. The van der Waals surface area contributed by atoms with Gasteiger partial charge in [-0.05, 0) is 60.2 Å². The molecule has 3 aromatic rings. The SMILES string of the molecule is COc1ccc(/C=C/C(=O)c2ccc(Cl)s2)cc1COc1ccc(Br)cc1. The van der Waals surface area contributed by atoms with Crippen LogP contribution in [0, 0.1) is 0 Å². The van der Waals surface area contributed by atoms with Gasteiger partial charge in [0.15, 0.2) is 5.78 Å². The van der Waals surface area contributed by atoms with Crippen molar-refractivity contribution in [3.63, 3.8) is 0 Å². The fourth-order valence-corrected chi connectivity index (χ4v) is 3.64. The number of ether oxygens (including phenoxy) is 2. The molecule has 0 unspecified atom stereocenters. The first-order valence-corrected chi connectivity index (χ1v) is 10.1. The van der Waals surface area contributed by atoms with Crippen LogP contribution in [0.3, 0.4) is 0 Å². The van der Waals surface area contributed by atoms with Crippen molar-refractivity contribution < 1.29 is 14.3 Å². The summed E-state index contributed by atoms with van der Waals surface area (Å²) in [5, 5.41) is 0. The van der Waals surface area contributed by atoms with Crippen LogP contribution in [0.15, 0.2) is 65.1 Å². The van der Waals surface area contributed by atoms with E-state index in [9.17, 15) is 4.79 Å². The smallest absolute Gasteiger partial charge is 0.195 e. The molecule has 0 bridgehead atoms. The Morgan fingerprint density at radius 1 is 1.15 bits per heavy atom. The van der Waals surface area contributed by atoms with Crippen molar-refractivity contribution in [2.45, 2.75) is 6.61 Å². The van der Waals surface area contributed by atoms with Crippen LogP contribution < -0.4 is 9.47 Å². The highest BCUT2D eigenvalue weighted by atomic mass is 79.9. The molecule has 138 valence electrons. The maximum atomic E-state index is 12.2. The van der Waals surface area contributed by atoms with Crippen LogP contribution in [0.5, 0.6) is 11.5 Å². The quantitative estimate of drug-likeness (QED) is 0.291. The lowest BCUT2D eigenvalue weighted by Gasteiger charge is -2.11. The fraction of sp³-hybridized carbons (Fsp3) is 0.0952. The van der Waals surface area contributed by atoms with Crippen LogP contribution in [0.25, 0.3) is 6.08 Å². The maximum Gasteiger partial charge on any atom is 0.195 e. The number of methoxy groups -OCH3 is 1. The van der Waals surface area contributed by atoms with E-state index in [0.29, 0.717) is 15.8 Å². The summed E-state index contributed by atoms with van der Waals surface area (Å²) in [5.74, 6) is 1.43. The van der Waals surface area contributed by atoms with E-state index in [0.717, 1.165) is 27.1 Å². The Kier molecular flexibility index (Phi) is 6.72. The molecule has 0 amide bonds. The zero-order chi connectivity index (χ0) is 19.2. The molecule has 0 atom stereocenters. The van der Waals surface area contributed by atoms with Crippen LogP contribution in [0.1, 0.15) is 20.8 Å². The van der Waals surface area contributed by atoms with Crippen molar-refractivity contribution in [2.24, 2.45) is 0 Å². The summed E-state index contributed by atoms with van der Waals surface area (Å²) in [7, 11) is 1.62. The van der Waals surface area contributed by atoms with Gasteiger partial charge < -0.3 is 9.47 Å². The molecule has 0 saturated heterocycles. The van der Waals surface area contributed by atoms with E-state index < -0.39 is 0 Å². The van der Waals surface area contributed by atoms with Crippen molar-refractivity contribution in [1.82, 2.24) is 0 Å². The van der Waals surface area contributed by atoms with Gasteiger partial charge in [0.2, 0.25) is 0 Å². The molecule has 1 heterocycles. The lowest BCUT2D eigenvalue weighted by molar-refractivity contribution is 0.105. The number of hydrogen-bond donors (Lipinski definition) is 0. The van der Waals surface area contributed by atoms with E-state index in [1.54, 1.807) is 31.4 Å². The number of hydrogen-bond acceptors (Lipinski definition) is 4. The van der Waals surface area contributed by atoms with Crippen molar-refractivity contribution >= 4 is 50.7 Å². The van der Waals surface area contributed by atoms with Gasteiger partial charge in [0, 0.05) is 10.0 Å². The Morgan fingerprint density at radius 3 is 2.59 bits per heavy atom. The van der Waals surface area contributed by atoms with Crippen molar-refractivity contribution in [3.05, 3.63) is 85.5 Å². The van der Waals surface area contributed by atoms with Gasteiger partial charge in [-0.3, -0.25) is 4.79 Å². The zero-order valence-electron chi connectivity index (χ0n) is 14.4. The number of allylic oxidation sites excluding steroid dienone is 1. The molecule has 27 heavy (non-hydrogen) atoms. The molecule has 0 aliphatic carbocycles. The Morgan fingerprint density at radius 2 is 1.93 bits per heavy atom. The minimum atomic E-state index is -0.0737. The first kappa shape index (κ1) is 19.7. The number of halogens is 2.